The average Bonchev–Trinajstić information content (AvgIpc) is 2.35. The first-order chi connectivity index (χ1) is 8.13. The molecule has 2 rings (SSSR count). The van der Waals surface area contributed by atoms with Crippen LogP contribution < -0.4 is 10.5 Å². The van der Waals surface area contributed by atoms with Gasteiger partial charge < -0.3 is 15.6 Å². The van der Waals surface area contributed by atoms with Gasteiger partial charge in [-0.1, -0.05) is 18.2 Å². The quantitative estimate of drug-likeness (QED) is 0.742. The molecule has 3 nitrogen and oxygen atoms in total. The van der Waals surface area contributed by atoms with Gasteiger partial charge in [0.1, 0.15) is 11.5 Å². The van der Waals surface area contributed by atoms with Crippen molar-refractivity contribution in [2.75, 3.05) is 12.8 Å². The van der Waals surface area contributed by atoms with Crippen LogP contribution in [0, 0.1) is 6.92 Å². The van der Waals surface area contributed by atoms with E-state index in [9.17, 15) is 0 Å². The van der Waals surface area contributed by atoms with Gasteiger partial charge in [0, 0.05) is 5.69 Å². The van der Waals surface area contributed by atoms with E-state index in [1.165, 1.54) is 0 Å². The second-order valence-corrected chi connectivity index (χ2v) is 3.55. The van der Waals surface area contributed by atoms with E-state index < -0.39 is 0 Å². The van der Waals surface area contributed by atoms with Gasteiger partial charge in [-0.15, -0.1) is 0 Å². The molecular formula is C14H17NO2. The molecule has 0 amide bonds. The number of benzene rings is 2. The predicted molar refractivity (Wildman–Crippen MR) is 70.3 cm³/mol. The van der Waals surface area contributed by atoms with Crippen LogP contribution in [0.1, 0.15) is 5.56 Å². The van der Waals surface area contributed by atoms with E-state index in [0.717, 1.165) is 17.0 Å². The van der Waals surface area contributed by atoms with Gasteiger partial charge in [-0.2, -0.15) is 0 Å². The number of nitrogens with two attached hydrogens (primary N) is 1. The number of para-hydroxylation sites is 1. The second-order valence-electron chi connectivity index (χ2n) is 3.55. The Morgan fingerprint density at radius 2 is 1.59 bits per heavy atom. The monoisotopic (exact) mass is 231 g/mol. The summed E-state index contributed by atoms with van der Waals surface area (Å²) in [6.07, 6.45) is 0. The lowest BCUT2D eigenvalue weighted by molar-refractivity contribution is 0.412. The number of aryl methyl sites for hydroxylation is 1. The molecule has 0 aromatic heterocycles. The normalized spacial score (nSPS) is 9.06. The molecule has 90 valence electrons. The van der Waals surface area contributed by atoms with Crippen molar-refractivity contribution >= 4 is 5.69 Å². The number of aromatic hydroxyl groups is 1. The van der Waals surface area contributed by atoms with Gasteiger partial charge >= 0.3 is 0 Å². The van der Waals surface area contributed by atoms with Crippen LogP contribution in [0.15, 0.2) is 48.5 Å². The molecule has 2 aromatic rings. The van der Waals surface area contributed by atoms with Gasteiger partial charge in [0.2, 0.25) is 0 Å². The molecular weight excluding hydrogens is 214 g/mol. The number of nitrogen functional groups attached to an aromatic ring is 1. The van der Waals surface area contributed by atoms with Gasteiger partial charge in [0.25, 0.3) is 0 Å². The van der Waals surface area contributed by atoms with Crippen LogP contribution >= 0.6 is 0 Å². The van der Waals surface area contributed by atoms with Crippen molar-refractivity contribution in [3.05, 3.63) is 54.1 Å². The summed E-state index contributed by atoms with van der Waals surface area (Å²) in [7, 11) is 1.59. The third-order valence-corrected chi connectivity index (χ3v) is 2.26. The Kier molecular flexibility index (Phi) is 4.88. The van der Waals surface area contributed by atoms with E-state index in [1.54, 1.807) is 31.4 Å². The van der Waals surface area contributed by atoms with Gasteiger partial charge in [0.15, 0.2) is 0 Å². The van der Waals surface area contributed by atoms with Crippen LogP contribution in [-0.4, -0.2) is 12.2 Å². The Bertz CT molecular complexity index is 431. The molecule has 0 saturated heterocycles. The minimum Gasteiger partial charge on any atom is -0.508 e. The van der Waals surface area contributed by atoms with Gasteiger partial charge in [0.05, 0.1) is 7.11 Å². The van der Waals surface area contributed by atoms with Crippen LogP contribution in [0.25, 0.3) is 0 Å². The molecule has 0 unspecified atom stereocenters. The van der Waals surface area contributed by atoms with E-state index in [-0.39, 0.29) is 5.75 Å². The van der Waals surface area contributed by atoms with Crippen molar-refractivity contribution < 1.29 is 9.84 Å². The molecule has 0 radical (unpaired) electrons. The summed E-state index contributed by atoms with van der Waals surface area (Å²) in [5.41, 5.74) is 7.53. The Morgan fingerprint density at radius 3 is 2.00 bits per heavy atom. The fourth-order valence-corrected chi connectivity index (χ4v) is 1.17. The highest BCUT2D eigenvalue weighted by Crippen LogP contribution is 2.14. The first kappa shape index (κ1) is 12.9. The molecule has 3 heteroatoms. The van der Waals surface area contributed by atoms with E-state index in [1.807, 2.05) is 31.2 Å². The maximum Gasteiger partial charge on any atom is 0.119 e. The van der Waals surface area contributed by atoms with Crippen molar-refractivity contribution in [2.24, 2.45) is 0 Å². The predicted octanol–water partition coefficient (Wildman–Crippen LogP) is 2.98. The van der Waals surface area contributed by atoms with E-state index in [2.05, 4.69) is 0 Å². The molecule has 0 aliphatic heterocycles. The smallest absolute Gasteiger partial charge is 0.119 e. The Labute approximate surface area is 101 Å². The van der Waals surface area contributed by atoms with E-state index in [4.69, 9.17) is 15.6 Å². The summed E-state index contributed by atoms with van der Waals surface area (Å²) in [6, 6.07) is 14.4. The molecule has 0 aliphatic carbocycles. The molecule has 0 atom stereocenters. The molecule has 0 aliphatic rings. The first-order valence-electron chi connectivity index (χ1n) is 5.27. The topological polar surface area (TPSA) is 55.5 Å². The number of phenolic OH excluding ortho intramolecular Hbond substituents is 1. The summed E-state index contributed by atoms with van der Waals surface area (Å²) in [5.74, 6) is 1.02. The van der Waals surface area contributed by atoms with Gasteiger partial charge in [-0.05, 0) is 42.8 Å². The van der Waals surface area contributed by atoms with Crippen molar-refractivity contribution in [2.45, 2.75) is 6.92 Å². The third-order valence-electron chi connectivity index (χ3n) is 2.26. The number of anilines is 1. The maximum atomic E-state index is 8.80. The molecule has 0 spiro atoms. The summed E-state index contributed by atoms with van der Waals surface area (Å²) < 4.78 is 4.86. The molecule has 2 aromatic carbocycles. The number of rotatable bonds is 1. The van der Waals surface area contributed by atoms with Crippen LogP contribution in [0.5, 0.6) is 11.5 Å². The molecule has 0 saturated carbocycles. The minimum atomic E-state index is 0.260. The SMILES string of the molecule is COc1ccc(O)cc1.Cc1ccccc1N. The first-order valence-corrected chi connectivity index (χ1v) is 5.27. The van der Waals surface area contributed by atoms with Crippen LogP contribution in [-0.2, 0) is 0 Å². The average molecular weight is 231 g/mol. The zero-order chi connectivity index (χ0) is 12.7. The van der Waals surface area contributed by atoms with Crippen LogP contribution in [0.3, 0.4) is 0 Å². The summed E-state index contributed by atoms with van der Waals surface area (Å²) >= 11 is 0. The highest BCUT2D eigenvalue weighted by Gasteiger charge is 1.87. The highest BCUT2D eigenvalue weighted by molar-refractivity contribution is 5.44. The van der Waals surface area contributed by atoms with Crippen molar-refractivity contribution in [3.63, 3.8) is 0 Å². The maximum absolute atomic E-state index is 8.80. The molecule has 3 N–H and O–H groups in total. The van der Waals surface area contributed by atoms with Gasteiger partial charge in [-0.3, -0.25) is 0 Å². The lowest BCUT2D eigenvalue weighted by atomic mass is 10.2. The minimum absolute atomic E-state index is 0.260. The zero-order valence-electron chi connectivity index (χ0n) is 10.1. The molecule has 17 heavy (non-hydrogen) atoms. The number of hydrogen-bond donors (Lipinski definition) is 2. The van der Waals surface area contributed by atoms with Crippen molar-refractivity contribution in [3.8, 4) is 11.5 Å². The molecule has 0 fully saturated rings. The summed E-state index contributed by atoms with van der Waals surface area (Å²) in [5, 5.41) is 8.80. The highest BCUT2D eigenvalue weighted by atomic mass is 16.5. The van der Waals surface area contributed by atoms with E-state index >= 15 is 0 Å². The Balaban J connectivity index is 0.000000171. The van der Waals surface area contributed by atoms with Crippen LogP contribution in [0.4, 0.5) is 5.69 Å². The second kappa shape index (κ2) is 6.43. The Morgan fingerprint density at radius 1 is 1.00 bits per heavy atom. The molecule has 0 heterocycles. The number of phenols is 1. The largest absolute Gasteiger partial charge is 0.508 e. The van der Waals surface area contributed by atoms with Gasteiger partial charge in [-0.25, -0.2) is 0 Å². The third kappa shape index (κ3) is 4.47. The lowest BCUT2D eigenvalue weighted by Crippen LogP contribution is -1.85. The zero-order valence-corrected chi connectivity index (χ0v) is 10.1. The number of hydrogen-bond acceptors (Lipinski definition) is 3. The molecule has 0 bridgehead atoms. The van der Waals surface area contributed by atoms with Crippen molar-refractivity contribution in [1.82, 2.24) is 0 Å². The number of ether oxygens (including phenoxy) is 1. The number of methoxy groups -OCH3 is 1. The fraction of sp³-hybridized carbons (Fsp3) is 0.143. The van der Waals surface area contributed by atoms with Crippen LogP contribution in [0.2, 0.25) is 0 Å². The fourth-order valence-electron chi connectivity index (χ4n) is 1.17. The van der Waals surface area contributed by atoms with E-state index in [0.29, 0.717) is 0 Å². The summed E-state index contributed by atoms with van der Waals surface area (Å²) in [4.78, 5) is 0. The Hall–Kier alpha value is -2.16. The summed E-state index contributed by atoms with van der Waals surface area (Å²) in [6.45, 7) is 2.00. The van der Waals surface area contributed by atoms with Crippen molar-refractivity contribution in [1.29, 1.82) is 0 Å². The lowest BCUT2D eigenvalue weighted by Gasteiger charge is -1.96. The standard InChI is InChI=1S/C7H9N.C7H8O2/c1-6-4-2-3-5-7(6)8;1-9-7-4-2-6(8)3-5-7/h2-5H,8H2,1H3;2-5,8H,1H3.